The van der Waals surface area contributed by atoms with E-state index in [0.717, 1.165) is 18.2 Å². The molecule has 2 rings (SSSR count). The first-order chi connectivity index (χ1) is 15.7. The Bertz CT molecular complexity index is 1050. The average Bonchev–Trinajstić information content (AvgIpc) is 2.73. The summed E-state index contributed by atoms with van der Waals surface area (Å²) in [6.07, 6.45) is -6.97. The second-order valence-corrected chi connectivity index (χ2v) is 8.47. The van der Waals surface area contributed by atoms with Gasteiger partial charge in [0.25, 0.3) is 0 Å². The predicted octanol–water partition coefficient (Wildman–Crippen LogP) is 7.22. The number of alkyl halides is 6. The summed E-state index contributed by atoms with van der Waals surface area (Å²) in [7, 11) is 0. The van der Waals surface area contributed by atoms with Crippen LogP contribution in [0.3, 0.4) is 0 Å². The molecule has 0 spiro atoms. The molecular formula is C21H15Cl3F6N2OS. The Balaban J connectivity index is 2.07. The molecule has 0 amide bonds. The third kappa shape index (κ3) is 8.65. The molecule has 0 radical (unpaired) electrons. The maximum atomic E-state index is 13.6. The van der Waals surface area contributed by atoms with E-state index in [0.29, 0.717) is 5.56 Å². The molecule has 3 nitrogen and oxygen atoms in total. The largest absolute Gasteiger partial charge is 0.405 e. The minimum absolute atomic E-state index is 0.0522. The zero-order valence-electron chi connectivity index (χ0n) is 16.8. The molecule has 2 N–H and O–H groups in total. The molecule has 2 aromatic rings. The van der Waals surface area contributed by atoms with E-state index in [9.17, 15) is 31.1 Å². The number of nitrogens with one attached hydrogen (secondary N) is 2. The van der Waals surface area contributed by atoms with Crippen LogP contribution in [0, 0.1) is 0 Å². The van der Waals surface area contributed by atoms with Crippen molar-refractivity contribution in [2.24, 2.45) is 0 Å². The van der Waals surface area contributed by atoms with Gasteiger partial charge in [-0.05, 0) is 35.5 Å². The minimum atomic E-state index is -4.64. The number of carbonyl (C=O) groups excluding carboxylic acids is 1. The number of hydrogen-bond donors (Lipinski definition) is 2. The van der Waals surface area contributed by atoms with Crippen LogP contribution >= 0.6 is 47.0 Å². The van der Waals surface area contributed by atoms with Crippen LogP contribution in [0.25, 0.3) is 6.08 Å². The van der Waals surface area contributed by atoms with Crippen LogP contribution in [0.5, 0.6) is 0 Å². The Morgan fingerprint density at radius 2 is 1.53 bits per heavy atom. The maximum absolute atomic E-state index is 13.6. The summed E-state index contributed by atoms with van der Waals surface area (Å²) in [4.78, 5) is 12.2. The lowest BCUT2D eigenvalue weighted by Crippen LogP contribution is -2.42. The molecule has 2 aromatic carbocycles. The van der Waals surface area contributed by atoms with Gasteiger partial charge in [-0.25, -0.2) is 0 Å². The van der Waals surface area contributed by atoms with Gasteiger partial charge in [0.2, 0.25) is 0 Å². The van der Waals surface area contributed by atoms with Gasteiger partial charge in [-0.1, -0.05) is 71.2 Å². The van der Waals surface area contributed by atoms with Crippen LogP contribution in [0.4, 0.5) is 26.3 Å². The molecule has 0 saturated heterocycles. The lowest BCUT2D eigenvalue weighted by atomic mass is 9.97. The van der Waals surface area contributed by atoms with Crippen molar-refractivity contribution in [2.75, 3.05) is 13.1 Å². The van der Waals surface area contributed by atoms with E-state index in [2.05, 4.69) is 17.5 Å². The molecule has 1 unspecified atom stereocenters. The molecule has 0 saturated carbocycles. The number of ketones is 1. The van der Waals surface area contributed by atoms with Crippen molar-refractivity contribution in [2.45, 2.75) is 18.3 Å². The third-order valence-corrected chi connectivity index (χ3v) is 5.78. The minimum Gasteiger partial charge on any atom is -0.355 e. The Kier molecular flexibility index (Phi) is 9.64. The highest BCUT2D eigenvalue weighted by Gasteiger charge is 2.39. The van der Waals surface area contributed by atoms with E-state index in [1.54, 1.807) is 0 Å². The number of rotatable bonds is 7. The molecule has 0 bridgehead atoms. The van der Waals surface area contributed by atoms with Crippen LogP contribution in [0.1, 0.15) is 27.4 Å². The van der Waals surface area contributed by atoms with Crippen molar-refractivity contribution in [3.05, 3.63) is 74.2 Å². The third-order valence-electron chi connectivity index (χ3n) is 4.29. The molecule has 184 valence electrons. The first-order valence-corrected chi connectivity index (χ1v) is 10.8. The van der Waals surface area contributed by atoms with Crippen LogP contribution in [0.2, 0.25) is 15.1 Å². The summed E-state index contributed by atoms with van der Waals surface area (Å²) >= 11 is 22.2. The molecular weight excluding hydrogens is 549 g/mol. The van der Waals surface area contributed by atoms with Gasteiger partial charge < -0.3 is 10.6 Å². The molecule has 0 fully saturated rings. The fourth-order valence-corrected chi connectivity index (χ4v) is 3.41. The summed E-state index contributed by atoms with van der Waals surface area (Å²) in [5.74, 6) is -2.50. The lowest BCUT2D eigenvalue weighted by molar-refractivity contribution is -0.139. The number of thiocarbonyl (C=S) groups is 1. The molecule has 0 aliphatic rings. The SMILES string of the molecule is O=C(CNC(=S)NCC(F)(F)F)c1ccc(/C=C/C(c2cc(Cl)c(Cl)c(Cl)c2)C(F)(F)F)cc1. The van der Waals surface area contributed by atoms with Crippen molar-refractivity contribution in [3.8, 4) is 0 Å². The van der Waals surface area contributed by atoms with Gasteiger partial charge in [0.15, 0.2) is 10.9 Å². The van der Waals surface area contributed by atoms with Gasteiger partial charge in [0, 0.05) is 5.56 Å². The topological polar surface area (TPSA) is 41.1 Å². The second-order valence-electron chi connectivity index (χ2n) is 6.87. The van der Waals surface area contributed by atoms with Crippen LogP contribution < -0.4 is 10.6 Å². The summed E-state index contributed by atoms with van der Waals surface area (Å²) in [6.45, 7) is -1.71. The quantitative estimate of drug-likeness (QED) is 0.162. The predicted molar refractivity (Wildman–Crippen MR) is 125 cm³/mol. The highest BCUT2D eigenvalue weighted by Crippen LogP contribution is 2.41. The molecule has 0 aliphatic heterocycles. The van der Waals surface area contributed by atoms with Gasteiger partial charge >= 0.3 is 12.4 Å². The number of benzene rings is 2. The number of halogens is 9. The zero-order valence-corrected chi connectivity index (χ0v) is 19.9. The van der Waals surface area contributed by atoms with E-state index in [4.69, 9.17) is 34.8 Å². The highest BCUT2D eigenvalue weighted by molar-refractivity contribution is 7.80. The number of carbonyl (C=O) groups is 1. The average molecular weight is 564 g/mol. The smallest absolute Gasteiger partial charge is 0.355 e. The van der Waals surface area contributed by atoms with Crippen LogP contribution in [-0.2, 0) is 0 Å². The first-order valence-electron chi connectivity index (χ1n) is 9.28. The summed E-state index contributed by atoms with van der Waals surface area (Å²) in [5.41, 5.74) is 0.357. The second kappa shape index (κ2) is 11.6. The number of hydrogen-bond acceptors (Lipinski definition) is 2. The van der Waals surface area contributed by atoms with Gasteiger partial charge in [0.05, 0.1) is 27.5 Å². The van der Waals surface area contributed by atoms with E-state index in [1.165, 1.54) is 30.3 Å². The van der Waals surface area contributed by atoms with Crippen molar-refractivity contribution in [1.82, 2.24) is 10.6 Å². The monoisotopic (exact) mass is 562 g/mol. The van der Waals surface area contributed by atoms with E-state index in [-0.39, 0.29) is 37.9 Å². The molecule has 1 atom stereocenters. The van der Waals surface area contributed by atoms with Crippen LogP contribution in [-0.4, -0.2) is 36.3 Å². The van der Waals surface area contributed by atoms with Gasteiger partial charge in [0.1, 0.15) is 6.54 Å². The van der Waals surface area contributed by atoms with Gasteiger partial charge in [-0.3, -0.25) is 4.79 Å². The van der Waals surface area contributed by atoms with Crippen molar-refractivity contribution in [3.63, 3.8) is 0 Å². The first kappa shape index (κ1) is 28.2. The summed E-state index contributed by atoms with van der Waals surface area (Å²) < 4.78 is 77.3. The Morgan fingerprint density at radius 1 is 0.971 bits per heavy atom. The standard InChI is InChI=1S/C21H15Cl3F6N2OS/c22-15-7-13(8-16(23)18(15)24)14(21(28,29)30)6-3-11-1-4-12(5-2-11)17(33)9-31-19(34)32-10-20(25,26)27/h1-8,14H,9-10H2,(H2,31,32,34)/b6-3+. The molecule has 13 heteroatoms. The summed E-state index contributed by atoms with van der Waals surface area (Å²) in [5, 5.41) is 3.65. The molecule has 0 aliphatic carbocycles. The van der Waals surface area contributed by atoms with Crippen LogP contribution in [0.15, 0.2) is 42.5 Å². The van der Waals surface area contributed by atoms with Crippen molar-refractivity contribution < 1.29 is 31.1 Å². The molecule has 0 aromatic heterocycles. The van der Waals surface area contributed by atoms with E-state index >= 15 is 0 Å². The van der Waals surface area contributed by atoms with E-state index < -0.39 is 30.6 Å². The van der Waals surface area contributed by atoms with Crippen molar-refractivity contribution in [1.29, 1.82) is 0 Å². The Labute approximate surface area is 211 Å². The Hall–Kier alpha value is -2.01. The van der Waals surface area contributed by atoms with E-state index in [1.807, 2.05) is 5.32 Å². The number of Topliss-reactive ketones (excluding diaryl/α,β-unsaturated/α-hetero) is 1. The fourth-order valence-electron chi connectivity index (χ4n) is 2.66. The number of allylic oxidation sites excluding steroid dienone is 1. The van der Waals surface area contributed by atoms with Gasteiger partial charge in [-0.15, -0.1) is 0 Å². The highest BCUT2D eigenvalue weighted by atomic mass is 35.5. The molecule has 34 heavy (non-hydrogen) atoms. The van der Waals surface area contributed by atoms with Crippen molar-refractivity contribution >= 4 is 64.0 Å². The maximum Gasteiger partial charge on any atom is 0.405 e. The lowest BCUT2D eigenvalue weighted by Gasteiger charge is -2.18. The zero-order chi connectivity index (χ0) is 25.7. The summed E-state index contributed by atoms with van der Waals surface area (Å²) in [6, 6.07) is 7.74. The normalized spacial score (nSPS) is 13.1. The van der Waals surface area contributed by atoms with Gasteiger partial charge in [-0.2, -0.15) is 26.3 Å². The fraction of sp³-hybridized carbons (Fsp3) is 0.238. The molecule has 0 heterocycles. The Morgan fingerprint density at radius 3 is 2.03 bits per heavy atom.